The summed E-state index contributed by atoms with van der Waals surface area (Å²) in [7, 11) is 1.66. The highest BCUT2D eigenvalue weighted by Gasteiger charge is 2.29. The van der Waals surface area contributed by atoms with Gasteiger partial charge in [0.15, 0.2) is 0 Å². The zero-order chi connectivity index (χ0) is 19.2. The molecule has 1 amide bonds. The van der Waals surface area contributed by atoms with Crippen LogP contribution in [0.1, 0.15) is 27.9 Å². The van der Waals surface area contributed by atoms with Crippen LogP contribution in [0.2, 0.25) is 0 Å². The lowest BCUT2D eigenvalue weighted by atomic mass is 10.2. The van der Waals surface area contributed by atoms with E-state index in [-0.39, 0.29) is 12.0 Å². The molecule has 1 fully saturated rings. The van der Waals surface area contributed by atoms with Crippen molar-refractivity contribution >= 4 is 17.7 Å². The number of hydrogen-bond acceptors (Lipinski definition) is 5. The molecule has 1 atom stereocenters. The summed E-state index contributed by atoms with van der Waals surface area (Å²) in [6.07, 6.45) is 2.68. The quantitative estimate of drug-likeness (QED) is 0.679. The number of nitrogens with zero attached hydrogens (tertiary/aromatic N) is 2. The number of rotatable bonds is 7. The molecule has 0 unspecified atom stereocenters. The Morgan fingerprint density at radius 1 is 1.30 bits per heavy atom. The van der Waals surface area contributed by atoms with Crippen LogP contribution in [0, 0.1) is 13.8 Å². The molecule has 5 nitrogen and oxygen atoms in total. The maximum absolute atomic E-state index is 13.1. The summed E-state index contributed by atoms with van der Waals surface area (Å²) in [5, 5.41) is 0.748. The fraction of sp³-hybridized carbons (Fsp3) is 0.429. The Morgan fingerprint density at radius 2 is 2.15 bits per heavy atom. The minimum absolute atomic E-state index is 0.0215. The van der Waals surface area contributed by atoms with E-state index in [9.17, 15) is 4.79 Å². The molecule has 27 heavy (non-hydrogen) atoms. The van der Waals surface area contributed by atoms with Gasteiger partial charge < -0.3 is 14.4 Å². The van der Waals surface area contributed by atoms with Crippen LogP contribution in [-0.2, 0) is 9.47 Å². The van der Waals surface area contributed by atoms with E-state index in [1.165, 1.54) is 11.1 Å². The van der Waals surface area contributed by atoms with Crippen molar-refractivity contribution in [2.75, 3.05) is 33.4 Å². The normalized spacial score (nSPS) is 16.7. The number of ether oxygens (including phenoxy) is 2. The number of aromatic nitrogens is 1. The number of pyridine rings is 1. The maximum Gasteiger partial charge on any atom is 0.256 e. The Morgan fingerprint density at radius 3 is 2.93 bits per heavy atom. The van der Waals surface area contributed by atoms with Crippen molar-refractivity contribution in [1.82, 2.24) is 9.88 Å². The van der Waals surface area contributed by atoms with E-state index >= 15 is 0 Å². The number of carbonyl (C=O) groups is 1. The summed E-state index contributed by atoms with van der Waals surface area (Å²) in [4.78, 5) is 20.5. The van der Waals surface area contributed by atoms with Gasteiger partial charge >= 0.3 is 0 Å². The highest BCUT2D eigenvalue weighted by molar-refractivity contribution is 7.99. The van der Waals surface area contributed by atoms with E-state index < -0.39 is 0 Å². The summed E-state index contributed by atoms with van der Waals surface area (Å²) in [6.45, 7) is 6.62. The van der Waals surface area contributed by atoms with Crippen molar-refractivity contribution in [1.29, 1.82) is 0 Å². The Bertz CT molecular complexity index is 797. The molecule has 0 saturated carbocycles. The first kappa shape index (κ1) is 19.9. The molecule has 0 N–H and O–H groups in total. The lowest BCUT2D eigenvalue weighted by Gasteiger charge is -2.18. The standard InChI is InChI=1S/C21H26N2O3S/c1-15-6-7-19(16(2)13-15)27-20-18(5-4-9-22-20)21(24)23-10-8-17(14-23)26-12-11-25-3/h4-7,9,13,17H,8,10-12,14H2,1-3H3/t17-/m0/s1. The lowest BCUT2D eigenvalue weighted by molar-refractivity contribution is 0.0218. The van der Waals surface area contributed by atoms with Crippen molar-refractivity contribution in [3.8, 4) is 0 Å². The largest absolute Gasteiger partial charge is 0.382 e. The second kappa shape index (κ2) is 9.35. The summed E-state index contributed by atoms with van der Waals surface area (Å²) < 4.78 is 10.8. The van der Waals surface area contributed by atoms with Gasteiger partial charge in [0.2, 0.25) is 0 Å². The minimum atomic E-state index is 0.0215. The fourth-order valence-corrected chi connectivity index (χ4v) is 4.11. The van der Waals surface area contributed by atoms with Crippen molar-refractivity contribution in [3.05, 3.63) is 53.2 Å². The van der Waals surface area contributed by atoms with E-state index in [1.807, 2.05) is 17.0 Å². The Labute approximate surface area is 165 Å². The van der Waals surface area contributed by atoms with E-state index in [4.69, 9.17) is 9.47 Å². The highest BCUT2D eigenvalue weighted by atomic mass is 32.2. The van der Waals surface area contributed by atoms with Gasteiger partial charge in [0.25, 0.3) is 5.91 Å². The first-order chi connectivity index (χ1) is 13.1. The summed E-state index contributed by atoms with van der Waals surface area (Å²) >= 11 is 1.55. The molecule has 1 aliphatic heterocycles. The van der Waals surface area contributed by atoms with Crippen molar-refractivity contribution in [2.45, 2.75) is 36.3 Å². The number of hydrogen-bond donors (Lipinski definition) is 0. The fourth-order valence-electron chi connectivity index (χ4n) is 3.17. The predicted molar refractivity (Wildman–Crippen MR) is 106 cm³/mol. The van der Waals surface area contributed by atoms with Crippen LogP contribution in [0.3, 0.4) is 0 Å². The van der Waals surface area contributed by atoms with Crippen molar-refractivity contribution < 1.29 is 14.3 Å². The molecule has 1 aliphatic rings. The topological polar surface area (TPSA) is 51.7 Å². The molecule has 1 aromatic heterocycles. The van der Waals surface area contributed by atoms with Crippen LogP contribution in [0.5, 0.6) is 0 Å². The molecule has 6 heteroatoms. The molecule has 2 aromatic rings. The Balaban J connectivity index is 1.71. The number of methoxy groups -OCH3 is 1. The van der Waals surface area contributed by atoms with E-state index in [0.29, 0.717) is 31.9 Å². The molecule has 0 radical (unpaired) electrons. The number of aryl methyl sites for hydroxylation is 2. The smallest absolute Gasteiger partial charge is 0.256 e. The van der Waals surface area contributed by atoms with Gasteiger partial charge in [-0.1, -0.05) is 29.5 Å². The zero-order valence-electron chi connectivity index (χ0n) is 16.1. The number of benzene rings is 1. The van der Waals surface area contributed by atoms with Gasteiger partial charge in [-0.3, -0.25) is 4.79 Å². The average molecular weight is 387 g/mol. The second-order valence-electron chi connectivity index (χ2n) is 6.75. The van der Waals surface area contributed by atoms with Gasteiger partial charge in [-0.2, -0.15) is 0 Å². The second-order valence-corrected chi connectivity index (χ2v) is 7.78. The molecule has 0 bridgehead atoms. The Kier molecular flexibility index (Phi) is 6.88. The SMILES string of the molecule is COCCO[C@H]1CCN(C(=O)c2cccnc2Sc2ccc(C)cc2C)C1. The maximum atomic E-state index is 13.1. The van der Waals surface area contributed by atoms with Gasteiger partial charge in [0, 0.05) is 31.3 Å². The molecular weight excluding hydrogens is 360 g/mol. The lowest BCUT2D eigenvalue weighted by Crippen LogP contribution is -2.31. The summed E-state index contributed by atoms with van der Waals surface area (Å²) in [6, 6.07) is 10.0. The predicted octanol–water partition coefficient (Wildman–Crippen LogP) is 3.73. The summed E-state index contributed by atoms with van der Waals surface area (Å²) in [5.74, 6) is 0.0215. The molecule has 144 valence electrons. The highest BCUT2D eigenvalue weighted by Crippen LogP contribution is 2.32. The molecule has 3 rings (SSSR count). The minimum Gasteiger partial charge on any atom is -0.382 e. The molecule has 0 aliphatic carbocycles. The molecular formula is C21H26N2O3S. The van der Waals surface area contributed by atoms with Crippen molar-refractivity contribution in [2.24, 2.45) is 0 Å². The third kappa shape index (κ3) is 5.09. The molecule has 1 saturated heterocycles. The van der Waals surface area contributed by atoms with Crippen LogP contribution in [0.25, 0.3) is 0 Å². The van der Waals surface area contributed by atoms with Crippen LogP contribution < -0.4 is 0 Å². The first-order valence-electron chi connectivity index (χ1n) is 9.18. The van der Waals surface area contributed by atoms with Crippen LogP contribution in [0.15, 0.2) is 46.5 Å². The Hall–Kier alpha value is -1.89. The van der Waals surface area contributed by atoms with Crippen LogP contribution >= 0.6 is 11.8 Å². The van der Waals surface area contributed by atoms with E-state index in [0.717, 1.165) is 16.3 Å². The van der Waals surface area contributed by atoms with Crippen LogP contribution in [-0.4, -0.2) is 55.3 Å². The number of carbonyl (C=O) groups excluding carboxylic acids is 1. The van der Waals surface area contributed by atoms with E-state index in [1.54, 1.807) is 25.1 Å². The zero-order valence-corrected chi connectivity index (χ0v) is 16.9. The molecule has 0 spiro atoms. The van der Waals surface area contributed by atoms with Gasteiger partial charge in [0.05, 0.1) is 24.9 Å². The van der Waals surface area contributed by atoms with Gasteiger partial charge in [-0.05, 0) is 44.0 Å². The van der Waals surface area contributed by atoms with Crippen molar-refractivity contribution in [3.63, 3.8) is 0 Å². The third-order valence-electron chi connectivity index (χ3n) is 4.61. The van der Waals surface area contributed by atoms with E-state index in [2.05, 4.69) is 37.0 Å². The molecule has 1 aromatic carbocycles. The average Bonchev–Trinajstić information content (AvgIpc) is 3.13. The number of likely N-dealkylation sites (tertiary alicyclic amines) is 1. The van der Waals surface area contributed by atoms with Gasteiger partial charge in [-0.15, -0.1) is 0 Å². The molecule has 2 heterocycles. The number of amides is 1. The third-order valence-corrected chi connectivity index (χ3v) is 5.81. The van der Waals surface area contributed by atoms with Crippen LogP contribution in [0.4, 0.5) is 0 Å². The van der Waals surface area contributed by atoms with Gasteiger partial charge in [-0.25, -0.2) is 4.98 Å². The monoisotopic (exact) mass is 386 g/mol. The summed E-state index contributed by atoms with van der Waals surface area (Å²) in [5.41, 5.74) is 3.07. The van der Waals surface area contributed by atoms with Gasteiger partial charge in [0.1, 0.15) is 5.03 Å². The first-order valence-corrected chi connectivity index (χ1v) is 10.00.